The number of hydrogen-bond donors (Lipinski definition) is 1. The quantitative estimate of drug-likeness (QED) is 0.145. The second-order valence-corrected chi connectivity index (χ2v) is 12.3. The zero-order valence-electron chi connectivity index (χ0n) is 26.3. The lowest BCUT2D eigenvalue weighted by Gasteiger charge is -2.21. The number of nitrogens with zero attached hydrogens (tertiary/aromatic N) is 5. The molecule has 246 valence electrons. The number of nitrogens with one attached hydrogen (secondary N) is 1. The number of benzene rings is 2. The molecule has 0 fully saturated rings. The summed E-state index contributed by atoms with van der Waals surface area (Å²) < 4.78 is 8.76. The van der Waals surface area contributed by atoms with Gasteiger partial charge in [-0.15, -0.1) is 0 Å². The summed E-state index contributed by atoms with van der Waals surface area (Å²) in [5, 5.41) is 3.24. The average Bonchev–Trinajstić information content (AvgIpc) is 3.38. The van der Waals surface area contributed by atoms with Gasteiger partial charge in [-0.25, -0.2) is 4.98 Å². The Balaban J connectivity index is 1.17. The molecule has 0 radical (unpaired) electrons. The minimum atomic E-state index is -0.450. The van der Waals surface area contributed by atoms with E-state index in [0.29, 0.717) is 34.2 Å². The number of anilines is 2. The summed E-state index contributed by atoms with van der Waals surface area (Å²) in [6, 6.07) is 17.9. The third kappa shape index (κ3) is 8.04. The molecule has 0 saturated heterocycles. The van der Waals surface area contributed by atoms with Crippen molar-refractivity contribution in [2.75, 3.05) is 23.4 Å². The van der Waals surface area contributed by atoms with Gasteiger partial charge in [-0.2, -0.15) is 0 Å². The third-order valence-electron chi connectivity index (χ3n) is 7.48. The van der Waals surface area contributed by atoms with Crippen LogP contribution in [-0.2, 0) is 27.5 Å². The van der Waals surface area contributed by atoms with Crippen molar-refractivity contribution in [2.24, 2.45) is 0 Å². The molecule has 0 aliphatic rings. The maximum Gasteiger partial charge on any atom is 0.246 e. The number of aromatic nitrogens is 3. The molecular weight excluding hydrogens is 719 g/mol. The van der Waals surface area contributed by atoms with Crippen LogP contribution >= 0.6 is 39.1 Å². The summed E-state index contributed by atoms with van der Waals surface area (Å²) >= 11 is 16.7. The number of rotatable bonds is 11. The fourth-order valence-electron chi connectivity index (χ4n) is 4.84. The van der Waals surface area contributed by atoms with Crippen LogP contribution in [0.4, 0.5) is 11.4 Å². The van der Waals surface area contributed by atoms with Crippen LogP contribution in [0.3, 0.4) is 0 Å². The Kier molecular flexibility index (Phi) is 11.2. The molecule has 1 N–H and O–H groups in total. The molecule has 0 aliphatic carbocycles. The summed E-state index contributed by atoms with van der Waals surface area (Å²) in [7, 11) is 1.57. The number of aryl methyl sites for hydroxylation is 1. The zero-order chi connectivity index (χ0) is 34.4. The van der Waals surface area contributed by atoms with E-state index in [-0.39, 0.29) is 24.1 Å². The predicted molar refractivity (Wildman–Crippen MR) is 191 cm³/mol. The Morgan fingerprint density at radius 2 is 1.83 bits per heavy atom. The molecule has 3 amide bonds. The molecule has 0 spiro atoms. The minimum Gasteiger partial charge on any atom is -0.485 e. The van der Waals surface area contributed by atoms with Gasteiger partial charge in [-0.1, -0.05) is 41.4 Å². The number of imidazole rings is 1. The lowest BCUT2D eigenvalue weighted by Crippen LogP contribution is -2.37. The number of carbonyl (C=O) groups is 3. The average molecular weight is 750 g/mol. The topological polar surface area (TPSA) is 109 Å². The summed E-state index contributed by atoms with van der Waals surface area (Å²) in [5.41, 5.74) is 4.74. The monoisotopic (exact) mass is 748 g/mol. The van der Waals surface area contributed by atoms with Gasteiger partial charge in [-0.3, -0.25) is 23.8 Å². The Labute approximate surface area is 296 Å². The number of ether oxygens (including phenoxy) is 1. The number of hydrogen-bond acceptors (Lipinski definition) is 6. The maximum atomic E-state index is 13.0. The van der Waals surface area contributed by atoms with E-state index in [2.05, 4.69) is 31.2 Å². The van der Waals surface area contributed by atoms with Crippen LogP contribution in [0.25, 0.3) is 11.7 Å². The van der Waals surface area contributed by atoms with Crippen LogP contribution in [0.15, 0.2) is 89.9 Å². The molecule has 5 rings (SSSR count). The molecule has 0 saturated carbocycles. The molecule has 0 aliphatic heterocycles. The first-order chi connectivity index (χ1) is 23.0. The number of halogens is 3. The predicted octanol–water partition coefficient (Wildman–Crippen LogP) is 7.03. The summed E-state index contributed by atoms with van der Waals surface area (Å²) in [6.45, 7) is 3.56. The van der Waals surface area contributed by atoms with Crippen LogP contribution in [0.2, 0.25) is 10.0 Å². The van der Waals surface area contributed by atoms with E-state index in [9.17, 15) is 14.4 Å². The molecule has 3 aromatic heterocycles. The Hall–Kier alpha value is -4.71. The van der Waals surface area contributed by atoms with Gasteiger partial charge in [0.1, 0.15) is 11.2 Å². The zero-order valence-corrected chi connectivity index (χ0v) is 29.4. The van der Waals surface area contributed by atoms with Gasteiger partial charge in [-0.05, 0) is 82.5 Å². The van der Waals surface area contributed by atoms with Gasteiger partial charge in [0.05, 0.1) is 29.5 Å². The second-order valence-electron chi connectivity index (χ2n) is 10.8. The molecule has 10 nitrogen and oxygen atoms in total. The van der Waals surface area contributed by atoms with Gasteiger partial charge in [0.15, 0.2) is 11.4 Å². The van der Waals surface area contributed by atoms with Crippen molar-refractivity contribution >= 4 is 80.0 Å². The molecule has 5 aromatic rings. The Morgan fingerprint density at radius 3 is 2.54 bits per heavy atom. The Morgan fingerprint density at radius 1 is 1.06 bits per heavy atom. The van der Waals surface area contributed by atoms with Gasteiger partial charge in [0.25, 0.3) is 0 Å². The highest BCUT2D eigenvalue weighted by atomic mass is 79.9. The number of amides is 3. The number of fused-ring (bicyclic) bond motifs is 1. The number of pyridine rings is 2. The molecule has 3 heterocycles. The normalized spacial score (nSPS) is 11.1. The van der Waals surface area contributed by atoms with E-state index in [1.54, 1.807) is 72.9 Å². The highest BCUT2D eigenvalue weighted by Gasteiger charge is 2.20. The molecule has 0 atom stereocenters. The van der Waals surface area contributed by atoms with Crippen LogP contribution in [0.1, 0.15) is 29.3 Å². The molecular formula is C35H31BrCl2N6O4. The van der Waals surface area contributed by atoms with Crippen molar-refractivity contribution in [3.05, 3.63) is 122 Å². The van der Waals surface area contributed by atoms with Gasteiger partial charge >= 0.3 is 0 Å². The first-order valence-corrected chi connectivity index (χ1v) is 16.3. The lowest BCUT2D eigenvalue weighted by atomic mass is 10.1. The van der Waals surface area contributed by atoms with E-state index in [0.717, 1.165) is 27.1 Å². The van der Waals surface area contributed by atoms with Crippen LogP contribution < -0.4 is 19.9 Å². The van der Waals surface area contributed by atoms with Gasteiger partial charge < -0.3 is 19.9 Å². The van der Waals surface area contributed by atoms with E-state index in [4.69, 9.17) is 27.9 Å². The van der Waals surface area contributed by atoms with E-state index in [1.807, 2.05) is 35.7 Å². The van der Waals surface area contributed by atoms with Crippen LogP contribution in [-0.4, -0.2) is 45.7 Å². The van der Waals surface area contributed by atoms with E-state index < -0.39 is 11.8 Å². The van der Waals surface area contributed by atoms with Gasteiger partial charge in [0.2, 0.25) is 17.7 Å². The van der Waals surface area contributed by atoms with E-state index in [1.165, 1.54) is 17.9 Å². The highest BCUT2D eigenvalue weighted by molar-refractivity contribution is 9.10. The van der Waals surface area contributed by atoms with Crippen molar-refractivity contribution in [2.45, 2.75) is 27.0 Å². The molecule has 0 unspecified atom stereocenters. The lowest BCUT2D eigenvalue weighted by molar-refractivity contribution is -0.122. The smallest absolute Gasteiger partial charge is 0.246 e. The molecule has 2 aromatic carbocycles. The van der Waals surface area contributed by atoms with Crippen molar-refractivity contribution < 1.29 is 19.1 Å². The Bertz CT molecular complexity index is 2000. The largest absolute Gasteiger partial charge is 0.485 e. The SMILES string of the molecule is CC(=O)N(Cc1cccnc1)c1ccc(C=CC(=O)NCC(=O)N(C)c2ccc(Cl)c(COc3cccn4c(Br)c(C)nc34)c2Cl)cc1. The fourth-order valence-corrected chi connectivity index (χ4v) is 5.82. The van der Waals surface area contributed by atoms with Crippen molar-refractivity contribution in [3.8, 4) is 5.75 Å². The van der Waals surface area contributed by atoms with Gasteiger partial charge in [0, 0.05) is 54.9 Å². The highest BCUT2D eigenvalue weighted by Crippen LogP contribution is 2.35. The van der Waals surface area contributed by atoms with Crippen molar-refractivity contribution in [3.63, 3.8) is 0 Å². The minimum absolute atomic E-state index is 0.0382. The standard InChI is InChI=1S/C35H31BrCl2N6O4/c1-22-34(36)43-17-5-7-30(35(43)41-22)48-21-27-28(37)13-14-29(33(27)38)42(3)32(47)19-40-31(46)15-10-24-8-11-26(12-9-24)44(23(2)45)20-25-6-4-16-39-18-25/h4-18H,19-21H2,1-3H3,(H,40,46). The first-order valence-electron chi connectivity index (χ1n) is 14.8. The van der Waals surface area contributed by atoms with Crippen molar-refractivity contribution in [1.29, 1.82) is 0 Å². The number of likely N-dealkylation sites (N-methyl/N-ethyl adjacent to an activating group) is 1. The van der Waals surface area contributed by atoms with Crippen LogP contribution in [0.5, 0.6) is 5.75 Å². The fraction of sp³-hybridized carbons (Fsp3) is 0.171. The first kappa shape index (κ1) is 34.6. The number of carbonyl (C=O) groups excluding carboxylic acids is 3. The molecule has 13 heteroatoms. The molecule has 0 bridgehead atoms. The van der Waals surface area contributed by atoms with E-state index >= 15 is 0 Å². The summed E-state index contributed by atoms with van der Waals surface area (Å²) in [4.78, 5) is 49.5. The van der Waals surface area contributed by atoms with Crippen LogP contribution in [0, 0.1) is 6.92 Å². The van der Waals surface area contributed by atoms with Crippen molar-refractivity contribution in [1.82, 2.24) is 19.7 Å². The summed E-state index contributed by atoms with van der Waals surface area (Å²) in [6.07, 6.45) is 8.23. The maximum absolute atomic E-state index is 13.0. The molecule has 48 heavy (non-hydrogen) atoms. The summed E-state index contributed by atoms with van der Waals surface area (Å²) in [5.74, 6) is -0.405. The second kappa shape index (κ2) is 15.5. The third-order valence-corrected chi connectivity index (χ3v) is 9.21.